The predicted molar refractivity (Wildman–Crippen MR) is 50.4 cm³/mol. The molecule has 1 heterocycles. The van der Waals surface area contributed by atoms with Crippen LogP contribution >= 0.6 is 11.6 Å². The summed E-state index contributed by atoms with van der Waals surface area (Å²) in [5, 5.41) is 8.93. The average Bonchev–Trinajstić information content (AvgIpc) is 2.44. The summed E-state index contributed by atoms with van der Waals surface area (Å²) in [5.74, 6) is 0. The second-order valence-corrected chi connectivity index (χ2v) is 2.95. The normalized spacial score (nSPS) is 10.2. The highest BCUT2D eigenvalue weighted by molar-refractivity contribution is 6.29. The second kappa shape index (κ2) is 3.08. The first-order chi connectivity index (χ1) is 6.33. The zero-order valence-corrected chi connectivity index (χ0v) is 7.49. The highest BCUT2D eigenvalue weighted by Crippen LogP contribution is 2.18. The van der Waals surface area contributed by atoms with Gasteiger partial charge in [-0.05, 0) is 23.7 Å². The van der Waals surface area contributed by atoms with E-state index in [1.807, 2.05) is 30.3 Å². The lowest BCUT2D eigenvalue weighted by atomic mass is 10.3. The molecular weight excluding hydrogens is 186 g/mol. The molecule has 0 aliphatic rings. The molecule has 2 aromatic rings. The van der Waals surface area contributed by atoms with Gasteiger partial charge in [-0.25, -0.2) is 4.98 Å². The molecule has 0 saturated carbocycles. The van der Waals surface area contributed by atoms with Crippen molar-refractivity contribution in [1.29, 1.82) is 5.26 Å². The SMILES string of the molecule is N#CCn1c(Cl)nc2ccccc21. The van der Waals surface area contributed by atoms with Gasteiger partial charge in [-0.15, -0.1) is 0 Å². The molecule has 64 valence electrons. The Balaban J connectivity index is 2.73. The van der Waals surface area contributed by atoms with E-state index < -0.39 is 0 Å². The molecule has 0 fully saturated rings. The summed E-state index contributed by atoms with van der Waals surface area (Å²) in [4.78, 5) is 4.11. The van der Waals surface area contributed by atoms with Crippen molar-refractivity contribution in [2.75, 3.05) is 0 Å². The van der Waals surface area contributed by atoms with E-state index in [0.29, 0.717) is 5.28 Å². The van der Waals surface area contributed by atoms with Crippen molar-refractivity contribution in [3.8, 4) is 6.07 Å². The second-order valence-electron chi connectivity index (χ2n) is 2.61. The summed E-state index contributed by atoms with van der Waals surface area (Å²) in [6.45, 7) is 0.235. The van der Waals surface area contributed by atoms with Crippen LogP contribution in [0.15, 0.2) is 24.3 Å². The average molecular weight is 192 g/mol. The van der Waals surface area contributed by atoms with Gasteiger partial charge in [-0.3, -0.25) is 0 Å². The Hall–Kier alpha value is -1.53. The van der Waals surface area contributed by atoms with E-state index in [4.69, 9.17) is 16.9 Å². The molecule has 0 atom stereocenters. The number of fused-ring (bicyclic) bond motifs is 1. The largest absolute Gasteiger partial charge is 0.301 e. The minimum absolute atomic E-state index is 0.235. The van der Waals surface area contributed by atoms with Crippen LogP contribution in [0, 0.1) is 11.3 Å². The quantitative estimate of drug-likeness (QED) is 0.694. The maximum atomic E-state index is 8.56. The van der Waals surface area contributed by atoms with Gasteiger partial charge < -0.3 is 4.57 Å². The molecule has 0 spiro atoms. The van der Waals surface area contributed by atoms with Gasteiger partial charge in [-0.1, -0.05) is 12.1 Å². The molecule has 0 N–H and O–H groups in total. The molecular formula is C9H6ClN3. The smallest absolute Gasteiger partial charge is 0.204 e. The third-order valence-corrected chi connectivity index (χ3v) is 2.13. The summed E-state index contributed by atoms with van der Waals surface area (Å²) in [6, 6.07) is 9.59. The van der Waals surface area contributed by atoms with Crippen LogP contribution in [-0.4, -0.2) is 9.55 Å². The maximum Gasteiger partial charge on any atom is 0.204 e. The zero-order valence-electron chi connectivity index (χ0n) is 6.74. The summed E-state index contributed by atoms with van der Waals surface area (Å²) in [5.41, 5.74) is 1.72. The Kier molecular flexibility index (Phi) is 1.91. The number of hydrogen-bond donors (Lipinski definition) is 0. The van der Waals surface area contributed by atoms with Crippen molar-refractivity contribution in [2.45, 2.75) is 6.54 Å². The van der Waals surface area contributed by atoms with Crippen LogP contribution in [0.1, 0.15) is 0 Å². The fourth-order valence-corrected chi connectivity index (χ4v) is 1.51. The fourth-order valence-electron chi connectivity index (χ4n) is 1.27. The number of para-hydroxylation sites is 2. The van der Waals surface area contributed by atoms with E-state index in [1.165, 1.54) is 0 Å². The van der Waals surface area contributed by atoms with Gasteiger partial charge in [0.25, 0.3) is 0 Å². The van der Waals surface area contributed by atoms with Crippen LogP contribution in [0.25, 0.3) is 11.0 Å². The predicted octanol–water partition coefficient (Wildman–Crippen LogP) is 2.21. The van der Waals surface area contributed by atoms with Crippen molar-refractivity contribution in [3.05, 3.63) is 29.5 Å². The minimum atomic E-state index is 0.235. The standard InChI is InChI=1S/C9H6ClN3/c10-9-12-7-3-1-2-4-8(7)13(9)6-5-11/h1-4H,6H2. The number of halogens is 1. The van der Waals surface area contributed by atoms with E-state index in [0.717, 1.165) is 11.0 Å². The topological polar surface area (TPSA) is 41.6 Å². The number of nitriles is 1. The molecule has 0 bridgehead atoms. The molecule has 13 heavy (non-hydrogen) atoms. The molecule has 0 aliphatic carbocycles. The Morgan fingerprint density at radius 2 is 2.23 bits per heavy atom. The van der Waals surface area contributed by atoms with Crippen LogP contribution in [0.2, 0.25) is 5.28 Å². The lowest BCUT2D eigenvalue weighted by molar-refractivity contribution is 0.861. The molecule has 0 radical (unpaired) electrons. The first kappa shape index (κ1) is 8.09. The van der Waals surface area contributed by atoms with Gasteiger partial charge in [0, 0.05) is 0 Å². The summed E-state index contributed by atoms with van der Waals surface area (Å²) < 4.78 is 1.68. The van der Waals surface area contributed by atoms with Crippen LogP contribution in [-0.2, 0) is 6.54 Å². The highest BCUT2D eigenvalue weighted by atomic mass is 35.5. The number of nitrogens with zero attached hydrogens (tertiary/aromatic N) is 3. The minimum Gasteiger partial charge on any atom is -0.301 e. The van der Waals surface area contributed by atoms with Crippen molar-refractivity contribution in [3.63, 3.8) is 0 Å². The number of hydrogen-bond acceptors (Lipinski definition) is 2. The van der Waals surface area contributed by atoms with Crippen LogP contribution in [0.4, 0.5) is 0 Å². The van der Waals surface area contributed by atoms with Crippen molar-refractivity contribution < 1.29 is 0 Å². The maximum absolute atomic E-state index is 8.56. The first-order valence-electron chi connectivity index (χ1n) is 3.80. The summed E-state index contributed by atoms with van der Waals surface area (Å²) in [6.07, 6.45) is 0. The first-order valence-corrected chi connectivity index (χ1v) is 4.18. The van der Waals surface area contributed by atoms with Crippen molar-refractivity contribution in [2.24, 2.45) is 0 Å². The van der Waals surface area contributed by atoms with E-state index in [2.05, 4.69) is 4.98 Å². The molecule has 2 rings (SSSR count). The molecule has 4 heteroatoms. The van der Waals surface area contributed by atoms with Crippen LogP contribution < -0.4 is 0 Å². The van der Waals surface area contributed by atoms with Gasteiger partial charge in [-0.2, -0.15) is 5.26 Å². The Morgan fingerprint density at radius 1 is 1.46 bits per heavy atom. The molecule has 0 saturated heterocycles. The Bertz CT molecular complexity index is 481. The monoisotopic (exact) mass is 191 g/mol. The molecule has 0 amide bonds. The third-order valence-electron chi connectivity index (χ3n) is 1.84. The fraction of sp³-hybridized carbons (Fsp3) is 0.111. The molecule has 0 aliphatic heterocycles. The lowest BCUT2D eigenvalue weighted by Crippen LogP contribution is -1.94. The lowest BCUT2D eigenvalue weighted by Gasteiger charge is -1.96. The third kappa shape index (κ3) is 1.25. The number of aromatic nitrogens is 2. The molecule has 1 aromatic carbocycles. The summed E-state index contributed by atoms with van der Waals surface area (Å²) in [7, 11) is 0. The number of imidazole rings is 1. The number of benzene rings is 1. The van der Waals surface area contributed by atoms with E-state index in [-0.39, 0.29) is 6.54 Å². The zero-order chi connectivity index (χ0) is 9.26. The highest BCUT2D eigenvalue weighted by Gasteiger charge is 2.06. The summed E-state index contributed by atoms with van der Waals surface area (Å²) >= 11 is 5.85. The van der Waals surface area contributed by atoms with Gasteiger partial charge in [0.2, 0.25) is 5.28 Å². The van der Waals surface area contributed by atoms with Gasteiger partial charge >= 0.3 is 0 Å². The van der Waals surface area contributed by atoms with Crippen LogP contribution in [0.5, 0.6) is 0 Å². The number of rotatable bonds is 1. The van der Waals surface area contributed by atoms with E-state index in [9.17, 15) is 0 Å². The van der Waals surface area contributed by atoms with Crippen LogP contribution in [0.3, 0.4) is 0 Å². The van der Waals surface area contributed by atoms with Gasteiger partial charge in [0.15, 0.2) is 0 Å². The molecule has 1 aromatic heterocycles. The van der Waals surface area contributed by atoms with Crippen molar-refractivity contribution >= 4 is 22.6 Å². The molecule has 0 unspecified atom stereocenters. The van der Waals surface area contributed by atoms with Gasteiger partial charge in [0.1, 0.15) is 6.54 Å². The Labute approximate surface area is 80.2 Å². The molecule has 3 nitrogen and oxygen atoms in total. The van der Waals surface area contributed by atoms with E-state index in [1.54, 1.807) is 4.57 Å². The Morgan fingerprint density at radius 3 is 3.00 bits per heavy atom. The van der Waals surface area contributed by atoms with Gasteiger partial charge in [0.05, 0.1) is 17.1 Å². The van der Waals surface area contributed by atoms with E-state index >= 15 is 0 Å². The van der Waals surface area contributed by atoms with Crippen molar-refractivity contribution in [1.82, 2.24) is 9.55 Å².